The van der Waals surface area contributed by atoms with E-state index < -0.39 is 10.0 Å². The number of benzene rings is 1. The predicted octanol–water partition coefficient (Wildman–Crippen LogP) is 3.82. The van der Waals surface area contributed by atoms with E-state index in [1.807, 2.05) is 25.7 Å². The Kier molecular flexibility index (Phi) is 7.24. The fourth-order valence-electron chi connectivity index (χ4n) is 3.84. The molecule has 1 aromatic carbocycles. The Morgan fingerprint density at radius 1 is 1.04 bits per heavy atom. The number of amides is 1. The molecule has 1 amide bonds. The monoisotopic (exact) mass is 380 g/mol. The van der Waals surface area contributed by atoms with Gasteiger partial charge in [-0.15, -0.1) is 0 Å². The van der Waals surface area contributed by atoms with Crippen molar-refractivity contribution in [2.75, 3.05) is 19.6 Å². The van der Waals surface area contributed by atoms with Gasteiger partial charge in [0, 0.05) is 31.2 Å². The van der Waals surface area contributed by atoms with Gasteiger partial charge in [0.05, 0.1) is 4.90 Å². The van der Waals surface area contributed by atoms with Crippen LogP contribution in [0.4, 0.5) is 0 Å². The molecule has 0 atom stereocenters. The molecule has 1 fully saturated rings. The molecule has 0 heterocycles. The molecule has 1 aliphatic rings. The van der Waals surface area contributed by atoms with Gasteiger partial charge in [-0.25, -0.2) is 8.42 Å². The van der Waals surface area contributed by atoms with Crippen LogP contribution in [0.15, 0.2) is 23.1 Å². The highest BCUT2D eigenvalue weighted by molar-refractivity contribution is 7.89. The molecule has 0 N–H and O–H groups in total. The summed E-state index contributed by atoms with van der Waals surface area (Å²) in [4.78, 5) is 15.2. The lowest BCUT2D eigenvalue weighted by Crippen LogP contribution is -2.41. The summed E-state index contributed by atoms with van der Waals surface area (Å²) < 4.78 is 27.3. The highest BCUT2D eigenvalue weighted by Crippen LogP contribution is 2.26. The Hall–Kier alpha value is -1.40. The lowest BCUT2D eigenvalue weighted by molar-refractivity contribution is 0.0647. The van der Waals surface area contributed by atoms with E-state index in [0.29, 0.717) is 30.8 Å². The van der Waals surface area contributed by atoms with Crippen LogP contribution in [0.25, 0.3) is 0 Å². The summed E-state index contributed by atoms with van der Waals surface area (Å²) in [5.41, 5.74) is 1.14. The van der Waals surface area contributed by atoms with Crippen LogP contribution in [0.5, 0.6) is 0 Å². The van der Waals surface area contributed by atoms with Gasteiger partial charge in [-0.05, 0) is 44.4 Å². The minimum absolute atomic E-state index is 0.0598. The highest BCUT2D eigenvalue weighted by atomic mass is 32.2. The Morgan fingerprint density at radius 2 is 1.65 bits per heavy atom. The van der Waals surface area contributed by atoms with E-state index in [9.17, 15) is 13.2 Å². The lowest BCUT2D eigenvalue weighted by atomic mass is 9.93. The minimum atomic E-state index is -3.58. The zero-order valence-electron chi connectivity index (χ0n) is 16.5. The molecule has 6 heteroatoms. The van der Waals surface area contributed by atoms with Crippen LogP contribution in [0.3, 0.4) is 0 Å². The van der Waals surface area contributed by atoms with Crippen LogP contribution in [0.2, 0.25) is 0 Å². The number of carbonyl (C=O) groups excluding carboxylic acids is 1. The first-order valence-electron chi connectivity index (χ1n) is 9.78. The normalized spacial score (nSPS) is 16.0. The van der Waals surface area contributed by atoms with Crippen molar-refractivity contribution in [3.63, 3.8) is 0 Å². The molecule has 5 nitrogen and oxygen atoms in total. The van der Waals surface area contributed by atoms with E-state index in [-0.39, 0.29) is 16.8 Å². The number of rotatable bonds is 7. The second-order valence-electron chi connectivity index (χ2n) is 6.95. The number of nitrogens with zero attached hydrogens (tertiary/aromatic N) is 2. The Morgan fingerprint density at radius 3 is 2.19 bits per heavy atom. The van der Waals surface area contributed by atoms with E-state index in [1.54, 1.807) is 25.1 Å². The summed E-state index contributed by atoms with van der Waals surface area (Å²) >= 11 is 0. The first-order valence-corrected chi connectivity index (χ1v) is 11.2. The van der Waals surface area contributed by atoms with Crippen molar-refractivity contribution in [1.29, 1.82) is 0 Å². The van der Waals surface area contributed by atoms with E-state index in [4.69, 9.17) is 0 Å². The first-order chi connectivity index (χ1) is 12.4. The molecule has 0 unspecified atom stereocenters. The van der Waals surface area contributed by atoms with Gasteiger partial charge >= 0.3 is 0 Å². The summed E-state index contributed by atoms with van der Waals surface area (Å²) in [5, 5.41) is 0. The summed E-state index contributed by atoms with van der Waals surface area (Å²) in [6.07, 6.45) is 5.62. The molecule has 0 aromatic heterocycles. The number of hydrogen-bond donors (Lipinski definition) is 0. The summed E-state index contributed by atoms with van der Waals surface area (Å²) in [7, 11) is -3.58. The smallest absolute Gasteiger partial charge is 0.254 e. The zero-order valence-corrected chi connectivity index (χ0v) is 17.3. The molecule has 26 heavy (non-hydrogen) atoms. The van der Waals surface area contributed by atoms with E-state index in [1.165, 1.54) is 10.7 Å². The van der Waals surface area contributed by atoms with Crippen molar-refractivity contribution in [3.05, 3.63) is 29.3 Å². The van der Waals surface area contributed by atoms with Crippen LogP contribution in [-0.2, 0) is 10.0 Å². The van der Waals surface area contributed by atoms with Crippen molar-refractivity contribution in [1.82, 2.24) is 9.21 Å². The third-order valence-electron chi connectivity index (χ3n) is 5.38. The maximum Gasteiger partial charge on any atom is 0.254 e. The third-order valence-corrected chi connectivity index (χ3v) is 7.57. The molecule has 146 valence electrons. The number of aryl methyl sites for hydroxylation is 1. The third kappa shape index (κ3) is 4.29. The maximum absolute atomic E-state index is 13.1. The fourth-order valence-corrected chi connectivity index (χ4v) is 5.55. The SMILES string of the molecule is CCN(C(=O)c1ccc(C)c(S(=O)(=O)N(CC)CC)c1)C1CCCCC1. The van der Waals surface area contributed by atoms with Gasteiger partial charge < -0.3 is 4.90 Å². The summed E-state index contributed by atoms with van der Waals surface area (Å²) in [5.74, 6) is -0.0598. The molecular weight excluding hydrogens is 348 g/mol. The van der Waals surface area contributed by atoms with Crippen molar-refractivity contribution in [2.24, 2.45) is 0 Å². The molecule has 0 spiro atoms. The fraction of sp³-hybridized carbons (Fsp3) is 0.650. The topological polar surface area (TPSA) is 57.7 Å². The quantitative estimate of drug-likeness (QED) is 0.722. The van der Waals surface area contributed by atoms with Gasteiger partial charge in [0.25, 0.3) is 5.91 Å². The molecule has 1 aromatic rings. The van der Waals surface area contributed by atoms with Crippen LogP contribution in [0.1, 0.15) is 68.8 Å². The lowest BCUT2D eigenvalue weighted by Gasteiger charge is -2.33. The molecule has 0 saturated heterocycles. The predicted molar refractivity (Wildman–Crippen MR) is 105 cm³/mol. The van der Waals surface area contributed by atoms with Crippen molar-refractivity contribution in [2.45, 2.75) is 70.7 Å². The summed E-state index contributed by atoms with van der Waals surface area (Å²) in [6, 6.07) is 5.34. The second-order valence-corrected chi connectivity index (χ2v) is 8.86. The van der Waals surface area contributed by atoms with Gasteiger partial charge in [-0.3, -0.25) is 4.79 Å². The van der Waals surface area contributed by atoms with Gasteiger partial charge in [0.15, 0.2) is 0 Å². The Bertz CT molecular complexity index is 721. The second kappa shape index (κ2) is 9.00. The average Bonchev–Trinajstić information content (AvgIpc) is 2.64. The van der Waals surface area contributed by atoms with E-state index in [2.05, 4.69) is 0 Å². The van der Waals surface area contributed by atoms with Crippen molar-refractivity contribution in [3.8, 4) is 0 Å². The number of hydrogen-bond acceptors (Lipinski definition) is 3. The van der Waals surface area contributed by atoms with Crippen LogP contribution in [0, 0.1) is 6.92 Å². The Balaban J connectivity index is 2.37. The molecule has 2 rings (SSSR count). The van der Waals surface area contributed by atoms with Crippen LogP contribution < -0.4 is 0 Å². The molecule has 0 bridgehead atoms. The van der Waals surface area contributed by atoms with Gasteiger partial charge in [0.2, 0.25) is 10.0 Å². The standard InChI is InChI=1S/C20H32N2O3S/c1-5-21(6-2)26(24,25)19-15-17(14-13-16(19)4)20(23)22(7-3)18-11-9-8-10-12-18/h13-15,18H,5-12H2,1-4H3. The molecular formula is C20H32N2O3S. The van der Waals surface area contributed by atoms with Crippen LogP contribution >= 0.6 is 0 Å². The van der Waals surface area contributed by atoms with E-state index in [0.717, 1.165) is 25.7 Å². The average molecular weight is 381 g/mol. The van der Waals surface area contributed by atoms with Gasteiger partial charge in [-0.1, -0.05) is 39.2 Å². The zero-order chi connectivity index (χ0) is 19.3. The molecule has 0 radical (unpaired) electrons. The summed E-state index contributed by atoms with van der Waals surface area (Å²) in [6.45, 7) is 8.91. The van der Waals surface area contributed by atoms with Crippen LogP contribution in [-0.4, -0.2) is 49.2 Å². The maximum atomic E-state index is 13.1. The largest absolute Gasteiger partial charge is 0.336 e. The van der Waals surface area contributed by atoms with Crippen molar-refractivity contribution >= 4 is 15.9 Å². The minimum Gasteiger partial charge on any atom is -0.336 e. The molecule has 1 aliphatic carbocycles. The first kappa shape index (κ1) is 20.9. The van der Waals surface area contributed by atoms with E-state index >= 15 is 0 Å². The number of sulfonamides is 1. The molecule has 0 aliphatic heterocycles. The van der Waals surface area contributed by atoms with Gasteiger partial charge in [0.1, 0.15) is 0 Å². The van der Waals surface area contributed by atoms with Crippen molar-refractivity contribution < 1.29 is 13.2 Å². The highest BCUT2D eigenvalue weighted by Gasteiger charge is 2.28. The molecule has 1 saturated carbocycles. The van der Waals surface area contributed by atoms with Gasteiger partial charge in [-0.2, -0.15) is 4.31 Å². The number of carbonyl (C=O) groups is 1. The Labute approximate surface area is 158 Å².